The van der Waals surface area contributed by atoms with E-state index in [0.717, 1.165) is 0 Å². The third-order valence-electron chi connectivity index (χ3n) is 1.36. The van der Waals surface area contributed by atoms with Crippen molar-refractivity contribution in [1.29, 1.82) is 0 Å². The van der Waals surface area contributed by atoms with E-state index in [-0.39, 0.29) is 5.76 Å². The minimum atomic E-state index is -0.853. The van der Waals surface area contributed by atoms with Crippen LogP contribution in [0.5, 0.6) is 0 Å². The smallest absolute Gasteiger partial charge is 0.377 e. The molecule has 0 radical (unpaired) electrons. The number of ether oxygens (including phenoxy) is 1. The number of esters is 1. The fourth-order valence-electron chi connectivity index (χ4n) is 0.793. The van der Waals surface area contributed by atoms with Crippen LogP contribution in [-0.2, 0) is 9.53 Å². The average molecular weight is 223 g/mol. The second kappa shape index (κ2) is 3.13. The SMILES string of the molecule is O=C1OC(CCBr)C(O)=C1O. The van der Waals surface area contributed by atoms with Crippen LogP contribution in [0, 0.1) is 0 Å². The van der Waals surface area contributed by atoms with Gasteiger partial charge in [-0.25, -0.2) is 4.79 Å². The Morgan fingerprint density at radius 3 is 2.55 bits per heavy atom. The van der Waals surface area contributed by atoms with Crippen LogP contribution in [0.15, 0.2) is 11.5 Å². The second-order valence-electron chi connectivity index (χ2n) is 2.11. The standard InChI is InChI=1S/C6H7BrO4/c7-2-1-3-4(8)5(9)6(10)11-3/h3,8-9H,1-2H2. The topological polar surface area (TPSA) is 66.8 Å². The van der Waals surface area contributed by atoms with E-state index >= 15 is 0 Å². The van der Waals surface area contributed by atoms with Gasteiger partial charge in [-0.3, -0.25) is 0 Å². The van der Waals surface area contributed by atoms with E-state index in [9.17, 15) is 4.79 Å². The van der Waals surface area contributed by atoms with Gasteiger partial charge in [-0.1, -0.05) is 15.9 Å². The largest absolute Gasteiger partial charge is 0.505 e. The zero-order valence-electron chi connectivity index (χ0n) is 5.58. The summed E-state index contributed by atoms with van der Waals surface area (Å²) in [5, 5.41) is 18.4. The number of aliphatic hydroxyl groups excluding tert-OH is 2. The summed E-state index contributed by atoms with van der Waals surface area (Å²) in [7, 11) is 0. The Hall–Kier alpha value is -0.710. The van der Waals surface area contributed by atoms with Crippen LogP contribution < -0.4 is 0 Å². The van der Waals surface area contributed by atoms with E-state index in [2.05, 4.69) is 20.7 Å². The molecule has 62 valence electrons. The number of carbonyl (C=O) groups is 1. The second-order valence-corrected chi connectivity index (χ2v) is 2.90. The van der Waals surface area contributed by atoms with Gasteiger partial charge < -0.3 is 14.9 Å². The van der Waals surface area contributed by atoms with E-state index in [4.69, 9.17) is 10.2 Å². The molecule has 0 aromatic rings. The molecule has 0 spiro atoms. The fraction of sp³-hybridized carbons (Fsp3) is 0.500. The molecule has 1 rings (SSSR count). The van der Waals surface area contributed by atoms with Crippen molar-refractivity contribution in [2.75, 3.05) is 5.33 Å². The van der Waals surface area contributed by atoms with E-state index in [1.165, 1.54) is 0 Å². The summed E-state index contributed by atoms with van der Waals surface area (Å²) in [6, 6.07) is 0. The Labute approximate surface area is 71.6 Å². The molecule has 1 unspecified atom stereocenters. The molecule has 1 aliphatic heterocycles. The van der Waals surface area contributed by atoms with Crippen molar-refractivity contribution in [3.63, 3.8) is 0 Å². The first-order chi connectivity index (χ1) is 5.16. The van der Waals surface area contributed by atoms with Crippen LogP contribution in [0.2, 0.25) is 0 Å². The van der Waals surface area contributed by atoms with Crippen molar-refractivity contribution in [3.05, 3.63) is 11.5 Å². The molecule has 0 bridgehead atoms. The van der Waals surface area contributed by atoms with Gasteiger partial charge in [0.15, 0.2) is 11.9 Å². The quantitative estimate of drug-likeness (QED) is 0.541. The Kier molecular flexibility index (Phi) is 2.38. The van der Waals surface area contributed by atoms with Crippen molar-refractivity contribution in [2.24, 2.45) is 0 Å². The Morgan fingerprint density at radius 2 is 2.18 bits per heavy atom. The average Bonchev–Trinajstić information content (AvgIpc) is 2.19. The molecule has 1 heterocycles. The molecule has 4 nitrogen and oxygen atoms in total. The molecule has 1 atom stereocenters. The predicted molar refractivity (Wildman–Crippen MR) is 40.6 cm³/mol. The maximum Gasteiger partial charge on any atom is 0.377 e. The summed E-state index contributed by atoms with van der Waals surface area (Å²) in [4.78, 5) is 10.6. The molecule has 0 aromatic carbocycles. The third-order valence-corrected chi connectivity index (χ3v) is 1.82. The molecule has 2 N–H and O–H groups in total. The summed E-state index contributed by atoms with van der Waals surface area (Å²) in [5.74, 6) is -1.89. The first-order valence-electron chi connectivity index (χ1n) is 3.06. The number of aliphatic hydroxyl groups is 2. The third kappa shape index (κ3) is 1.48. The van der Waals surface area contributed by atoms with Gasteiger partial charge in [-0.2, -0.15) is 0 Å². The van der Waals surface area contributed by atoms with Crippen molar-refractivity contribution < 1.29 is 19.7 Å². The zero-order valence-corrected chi connectivity index (χ0v) is 7.17. The van der Waals surface area contributed by atoms with Gasteiger partial charge in [0.25, 0.3) is 0 Å². The predicted octanol–water partition coefficient (Wildman–Crippen LogP) is 1.02. The molecule has 11 heavy (non-hydrogen) atoms. The molecule has 0 saturated heterocycles. The summed E-state index contributed by atoms with van der Waals surface area (Å²) in [6.45, 7) is 0. The molecule has 0 fully saturated rings. The van der Waals surface area contributed by atoms with Gasteiger partial charge in [0.05, 0.1) is 0 Å². The summed E-state index contributed by atoms with van der Waals surface area (Å²) < 4.78 is 4.58. The van der Waals surface area contributed by atoms with E-state index in [1.807, 2.05) is 0 Å². The molecular formula is C6H7BrO4. The Balaban J connectivity index is 2.69. The number of rotatable bonds is 2. The van der Waals surface area contributed by atoms with Crippen molar-refractivity contribution in [1.82, 2.24) is 0 Å². The molecule has 1 aliphatic rings. The molecule has 5 heteroatoms. The highest BCUT2D eigenvalue weighted by molar-refractivity contribution is 9.09. The van der Waals surface area contributed by atoms with Crippen LogP contribution in [0.1, 0.15) is 6.42 Å². The highest BCUT2D eigenvalue weighted by atomic mass is 79.9. The normalized spacial score (nSPS) is 24.1. The lowest BCUT2D eigenvalue weighted by Gasteiger charge is -2.05. The molecular weight excluding hydrogens is 216 g/mol. The van der Waals surface area contributed by atoms with Crippen molar-refractivity contribution in [2.45, 2.75) is 12.5 Å². The first-order valence-corrected chi connectivity index (χ1v) is 4.18. The minimum Gasteiger partial charge on any atom is -0.505 e. The Morgan fingerprint density at radius 1 is 1.55 bits per heavy atom. The van der Waals surface area contributed by atoms with Crippen LogP contribution in [-0.4, -0.2) is 27.6 Å². The summed E-state index contributed by atoms with van der Waals surface area (Å²) >= 11 is 3.12. The molecule has 0 amide bonds. The lowest BCUT2D eigenvalue weighted by molar-refractivity contribution is -0.142. The number of alkyl halides is 1. The van der Waals surface area contributed by atoms with Gasteiger partial charge in [-0.05, 0) is 0 Å². The maximum absolute atomic E-state index is 10.6. The molecule has 0 aromatic heterocycles. The first kappa shape index (κ1) is 8.39. The monoisotopic (exact) mass is 222 g/mol. The van der Waals surface area contributed by atoms with Crippen molar-refractivity contribution in [3.8, 4) is 0 Å². The van der Waals surface area contributed by atoms with E-state index < -0.39 is 17.8 Å². The maximum atomic E-state index is 10.6. The number of carbonyl (C=O) groups excluding carboxylic acids is 1. The van der Waals surface area contributed by atoms with Crippen LogP contribution in [0.4, 0.5) is 0 Å². The molecule has 0 saturated carbocycles. The van der Waals surface area contributed by atoms with Gasteiger partial charge in [0.1, 0.15) is 0 Å². The van der Waals surface area contributed by atoms with Crippen LogP contribution >= 0.6 is 15.9 Å². The van der Waals surface area contributed by atoms with Gasteiger partial charge >= 0.3 is 5.97 Å². The fourth-order valence-corrected chi connectivity index (χ4v) is 1.21. The highest BCUT2D eigenvalue weighted by Gasteiger charge is 2.33. The number of cyclic esters (lactones) is 1. The molecule has 0 aliphatic carbocycles. The lowest BCUT2D eigenvalue weighted by Crippen LogP contribution is -2.11. The van der Waals surface area contributed by atoms with E-state index in [0.29, 0.717) is 11.8 Å². The number of hydrogen-bond acceptors (Lipinski definition) is 4. The van der Waals surface area contributed by atoms with Crippen LogP contribution in [0.25, 0.3) is 0 Å². The van der Waals surface area contributed by atoms with Crippen LogP contribution in [0.3, 0.4) is 0 Å². The summed E-state index contributed by atoms with van der Waals surface area (Å²) in [6.07, 6.45) is -0.219. The summed E-state index contributed by atoms with van der Waals surface area (Å²) in [5.41, 5.74) is 0. The highest BCUT2D eigenvalue weighted by Crippen LogP contribution is 2.21. The Bertz CT molecular complexity index is 211. The number of halogens is 1. The van der Waals surface area contributed by atoms with Gasteiger partial charge in [-0.15, -0.1) is 0 Å². The zero-order chi connectivity index (χ0) is 8.43. The van der Waals surface area contributed by atoms with Gasteiger partial charge in [0.2, 0.25) is 5.76 Å². The number of hydrogen-bond donors (Lipinski definition) is 2. The van der Waals surface area contributed by atoms with Crippen molar-refractivity contribution >= 4 is 21.9 Å². The minimum absolute atomic E-state index is 0.366. The van der Waals surface area contributed by atoms with E-state index in [1.54, 1.807) is 0 Å². The lowest BCUT2D eigenvalue weighted by atomic mass is 10.2. The van der Waals surface area contributed by atoms with Gasteiger partial charge in [0, 0.05) is 11.8 Å².